The van der Waals surface area contributed by atoms with E-state index in [0.29, 0.717) is 13.2 Å². The molecule has 5 nitrogen and oxygen atoms in total. The number of rotatable bonds is 1. The zero-order chi connectivity index (χ0) is 10.1. The van der Waals surface area contributed by atoms with Gasteiger partial charge in [-0.15, -0.1) is 0 Å². The summed E-state index contributed by atoms with van der Waals surface area (Å²) in [6, 6.07) is 2.25. The maximum Gasteiger partial charge on any atom is 0.191 e. The highest BCUT2D eigenvalue weighted by Crippen LogP contribution is 2.39. The minimum absolute atomic E-state index is 0.153. The summed E-state index contributed by atoms with van der Waals surface area (Å²) < 4.78 is 10.2. The third-order valence-corrected chi connectivity index (χ3v) is 1.98. The molecule has 5 heteroatoms. The van der Waals surface area contributed by atoms with E-state index in [0.717, 1.165) is 12.1 Å². The van der Waals surface area contributed by atoms with Gasteiger partial charge in [0.2, 0.25) is 0 Å². The third-order valence-electron chi connectivity index (χ3n) is 1.98. The molecular weight excluding hydrogens is 188 g/mol. The van der Waals surface area contributed by atoms with Crippen LogP contribution in [0.4, 0.5) is 0 Å². The monoisotopic (exact) mass is 198 g/mol. The van der Waals surface area contributed by atoms with E-state index in [2.05, 4.69) is 0 Å². The van der Waals surface area contributed by atoms with Gasteiger partial charge in [-0.3, -0.25) is 0 Å². The van der Waals surface area contributed by atoms with Crippen LogP contribution in [0.5, 0.6) is 17.2 Å². The molecule has 2 rings (SSSR count). The molecule has 1 aromatic rings. The van der Waals surface area contributed by atoms with E-state index in [1.807, 2.05) is 0 Å². The smallest absolute Gasteiger partial charge is 0.191 e. The van der Waals surface area contributed by atoms with Gasteiger partial charge in [-0.1, -0.05) is 0 Å². The van der Waals surface area contributed by atoms with E-state index in [4.69, 9.17) is 14.6 Å². The minimum atomic E-state index is -0.754. The molecular formula is C9H10O5. The first-order valence-corrected chi connectivity index (χ1v) is 4.16. The van der Waals surface area contributed by atoms with Gasteiger partial charge >= 0.3 is 0 Å². The maximum absolute atomic E-state index is 9.45. The molecule has 0 spiro atoms. The maximum atomic E-state index is 9.45. The van der Waals surface area contributed by atoms with Gasteiger partial charge in [0.15, 0.2) is 6.29 Å². The Bertz CT molecular complexity index is 320. The van der Waals surface area contributed by atoms with E-state index in [1.165, 1.54) is 0 Å². The lowest BCUT2D eigenvalue weighted by Crippen LogP contribution is -1.98. The van der Waals surface area contributed by atoms with E-state index >= 15 is 0 Å². The summed E-state index contributed by atoms with van der Waals surface area (Å²) in [6.07, 6.45) is -0.754. The number of hydrogen-bond acceptors (Lipinski definition) is 5. The molecule has 1 aromatic carbocycles. The average Bonchev–Trinajstić information content (AvgIpc) is 2.54. The third kappa shape index (κ3) is 1.47. The summed E-state index contributed by atoms with van der Waals surface area (Å²) >= 11 is 0. The molecule has 1 heterocycles. The number of benzene rings is 1. The Morgan fingerprint density at radius 1 is 1.00 bits per heavy atom. The quantitative estimate of drug-likeness (QED) is 0.623. The number of phenols is 3. The number of ether oxygens (including phenoxy) is 2. The molecule has 14 heavy (non-hydrogen) atoms. The van der Waals surface area contributed by atoms with Crippen molar-refractivity contribution < 1.29 is 24.8 Å². The summed E-state index contributed by atoms with van der Waals surface area (Å²) in [5.74, 6) is -0.689. The molecule has 0 bridgehead atoms. The van der Waals surface area contributed by atoms with Crippen molar-refractivity contribution in [3.05, 3.63) is 17.7 Å². The van der Waals surface area contributed by atoms with Gasteiger partial charge in [0.05, 0.1) is 18.8 Å². The van der Waals surface area contributed by atoms with Crippen molar-refractivity contribution in [1.29, 1.82) is 0 Å². The van der Waals surface area contributed by atoms with Crippen LogP contribution in [-0.4, -0.2) is 28.5 Å². The van der Waals surface area contributed by atoms with Crippen LogP contribution in [0.3, 0.4) is 0 Å². The molecule has 76 valence electrons. The van der Waals surface area contributed by atoms with Crippen LogP contribution in [0.1, 0.15) is 11.9 Å². The van der Waals surface area contributed by atoms with Crippen LogP contribution in [0.15, 0.2) is 12.1 Å². The predicted octanol–water partition coefficient (Wildman–Crippen LogP) is 0.849. The van der Waals surface area contributed by atoms with Gasteiger partial charge in [-0.2, -0.15) is 0 Å². The van der Waals surface area contributed by atoms with Crippen molar-refractivity contribution >= 4 is 0 Å². The zero-order valence-electron chi connectivity index (χ0n) is 7.30. The van der Waals surface area contributed by atoms with E-state index in [9.17, 15) is 10.2 Å². The molecule has 0 amide bonds. The van der Waals surface area contributed by atoms with Crippen molar-refractivity contribution in [3.63, 3.8) is 0 Å². The largest absolute Gasteiger partial charge is 0.508 e. The van der Waals surface area contributed by atoms with E-state index in [1.54, 1.807) is 0 Å². The van der Waals surface area contributed by atoms with Gasteiger partial charge in [-0.05, 0) is 0 Å². The highest BCUT2D eigenvalue weighted by molar-refractivity contribution is 5.49. The summed E-state index contributed by atoms with van der Waals surface area (Å²) in [4.78, 5) is 0. The van der Waals surface area contributed by atoms with Gasteiger partial charge in [-0.25, -0.2) is 0 Å². The molecule has 1 aliphatic heterocycles. The molecule has 3 N–H and O–H groups in total. The van der Waals surface area contributed by atoms with Gasteiger partial charge in [0.25, 0.3) is 0 Å². The van der Waals surface area contributed by atoms with Crippen LogP contribution in [-0.2, 0) is 9.47 Å². The number of hydrogen-bond donors (Lipinski definition) is 3. The first-order valence-electron chi connectivity index (χ1n) is 4.16. The second-order valence-electron chi connectivity index (χ2n) is 2.97. The zero-order valence-corrected chi connectivity index (χ0v) is 7.30. The summed E-state index contributed by atoms with van der Waals surface area (Å²) in [6.45, 7) is 0.842. The van der Waals surface area contributed by atoms with Crippen molar-refractivity contribution in [2.24, 2.45) is 0 Å². The average molecular weight is 198 g/mol. The van der Waals surface area contributed by atoms with E-state index in [-0.39, 0.29) is 22.8 Å². The van der Waals surface area contributed by atoms with Gasteiger partial charge < -0.3 is 24.8 Å². The Kier molecular flexibility index (Phi) is 2.18. The summed E-state index contributed by atoms with van der Waals surface area (Å²) in [5, 5.41) is 28.0. The molecule has 1 fully saturated rings. The molecule has 0 aliphatic carbocycles. The lowest BCUT2D eigenvalue weighted by Gasteiger charge is -2.12. The minimum Gasteiger partial charge on any atom is -0.508 e. The Labute approximate surface area is 80.1 Å². The number of phenolic OH excluding ortho intramolecular Hbond substituents is 3. The highest BCUT2D eigenvalue weighted by atomic mass is 16.7. The van der Waals surface area contributed by atoms with Gasteiger partial charge in [0.1, 0.15) is 17.2 Å². The topological polar surface area (TPSA) is 79.2 Å². The normalized spacial score (nSPS) is 17.4. The van der Waals surface area contributed by atoms with Crippen LogP contribution < -0.4 is 0 Å². The van der Waals surface area contributed by atoms with Crippen molar-refractivity contribution in [2.45, 2.75) is 6.29 Å². The van der Waals surface area contributed by atoms with Crippen LogP contribution >= 0.6 is 0 Å². The second-order valence-corrected chi connectivity index (χ2v) is 2.97. The van der Waals surface area contributed by atoms with Crippen molar-refractivity contribution in [1.82, 2.24) is 0 Å². The molecule has 0 unspecified atom stereocenters. The first kappa shape index (κ1) is 9.11. The van der Waals surface area contributed by atoms with E-state index < -0.39 is 6.29 Å². The summed E-state index contributed by atoms with van der Waals surface area (Å²) in [5.41, 5.74) is 0.153. The Morgan fingerprint density at radius 2 is 1.50 bits per heavy atom. The Morgan fingerprint density at radius 3 is 2.00 bits per heavy atom. The predicted molar refractivity (Wildman–Crippen MR) is 46.1 cm³/mol. The van der Waals surface area contributed by atoms with Crippen molar-refractivity contribution in [2.75, 3.05) is 13.2 Å². The van der Waals surface area contributed by atoms with Crippen molar-refractivity contribution in [3.8, 4) is 17.2 Å². The van der Waals surface area contributed by atoms with Gasteiger partial charge in [0, 0.05) is 12.1 Å². The fourth-order valence-corrected chi connectivity index (χ4v) is 1.38. The highest BCUT2D eigenvalue weighted by Gasteiger charge is 2.25. The molecule has 0 radical (unpaired) electrons. The fraction of sp³-hybridized carbons (Fsp3) is 0.333. The Hall–Kier alpha value is -1.46. The summed E-state index contributed by atoms with van der Waals surface area (Å²) in [7, 11) is 0. The molecule has 0 atom stereocenters. The fourth-order valence-electron chi connectivity index (χ4n) is 1.38. The SMILES string of the molecule is Oc1cc(O)c(C2OCCO2)c(O)c1. The lowest BCUT2D eigenvalue weighted by atomic mass is 10.1. The molecule has 0 saturated carbocycles. The standard InChI is InChI=1S/C9H10O5/c10-5-3-6(11)8(7(12)4-5)9-13-1-2-14-9/h3-4,9-12H,1-2H2. The number of aromatic hydroxyl groups is 3. The molecule has 1 aliphatic rings. The molecule has 1 saturated heterocycles. The lowest BCUT2D eigenvalue weighted by molar-refractivity contribution is -0.0468. The Balaban J connectivity index is 2.40. The van der Waals surface area contributed by atoms with Crippen LogP contribution in [0, 0.1) is 0 Å². The van der Waals surface area contributed by atoms with Crippen LogP contribution in [0.25, 0.3) is 0 Å². The second kappa shape index (κ2) is 3.36. The molecule has 0 aromatic heterocycles. The van der Waals surface area contributed by atoms with Crippen LogP contribution in [0.2, 0.25) is 0 Å². The first-order chi connectivity index (χ1) is 6.68.